The summed E-state index contributed by atoms with van der Waals surface area (Å²) in [5.41, 5.74) is 3.54. The van der Waals surface area contributed by atoms with Crippen LogP contribution in [-0.4, -0.2) is 44.0 Å². The molecule has 6 nitrogen and oxygen atoms in total. The number of para-hydroxylation sites is 1. The van der Waals surface area contributed by atoms with E-state index in [4.69, 9.17) is 4.74 Å². The van der Waals surface area contributed by atoms with Gasteiger partial charge in [-0.15, -0.1) is 0 Å². The van der Waals surface area contributed by atoms with Crippen molar-refractivity contribution >= 4 is 23.2 Å². The van der Waals surface area contributed by atoms with E-state index in [1.807, 2.05) is 56.3 Å². The lowest BCUT2D eigenvalue weighted by Gasteiger charge is -2.17. The number of rotatable bonds is 8. The molecule has 2 aromatic rings. The molecule has 2 amide bonds. The van der Waals surface area contributed by atoms with E-state index in [0.717, 1.165) is 23.2 Å². The largest absolute Gasteiger partial charge is 0.495 e. The van der Waals surface area contributed by atoms with Gasteiger partial charge in [-0.1, -0.05) is 31.2 Å². The van der Waals surface area contributed by atoms with E-state index in [1.165, 1.54) is 0 Å². The van der Waals surface area contributed by atoms with Crippen LogP contribution in [0.15, 0.2) is 42.5 Å². The number of methoxy groups -OCH3 is 1. The van der Waals surface area contributed by atoms with Crippen molar-refractivity contribution in [2.24, 2.45) is 0 Å². The highest BCUT2D eigenvalue weighted by atomic mass is 16.5. The van der Waals surface area contributed by atoms with Crippen molar-refractivity contribution in [1.82, 2.24) is 4.90 Å². The zero-order valence-corrected chi connectivity index (χ0v) is 16.3. The molecular weight excluding hydrogens is 342 g/mol. The molecule has 0 heterocycles. The van der Waals surface area contributed by atoms with E-state index in [-0.39, 0.29) is 24.9 Å². The third-order valence-corrected chi connectivity index (χ3v) is 4.13. The molecule has 0 saturated heterocycles. The number of benzene rings is 2. The summed E-state index contributed by atoms with van der Waals surface area (Å²) in [6.45, 7) is 4.21. The number of hydrogen-bond donors (Lipinski definition) is 2. The molecule has 0 spiro atoms. The van der Waals surface area contributed by atoms with Gasteiger partial charge in [-0.05, 0) is 49.7 Å². The minimum absolute atomic E-state index is 0.0972. The average Bonchev–Trinajstić information content (AvgIpc) is 2.62. The van der Waals surface area contributed by atoms with Gasteiger partial charge in [0, 0.05) is 5.69 Å². The van der Waals surface area contributed by atoms with Gasteiger partial charge in [-0.3, -0.25) is 14.5 Å². The summed E-state index contributed by atoms with van der Waals surface area (Å²) in [7, 11) is 3.29. The molecule has 0 fully saturated rings. The fourth-order valence-electron chi connectivity index (χ4n) is 2.80. The predicted octanol–water partition coefficient (Wildman–Crippen LogP) is 3.08. The van der Waals surface area contributed by atoms with Crippen LogP contribution in [-0.2, 0) is 16.0 Å². The molecule has 27 heavy (non-hydrogen) atoms. The summed E-state index contributed by atoms with van der Waals surface area (Å²) in [5.74, 6) is 0.244. The first-order valence-electron chi connectivity index (χ1n) is 8.93. The second kappa shape index (κ2) is 9.73. The Labute approximate surface area is 160 Å². The molecule has 144 valence electrons. The van der Waals surface area contributed by atoms with Gasteiger partial charge >= 0.3 is 0 Å². The summed E-state index contributed by atoms with van der Waals surface area (Å²) < 4.78 is 5.27. The molecule has 0 unspecified atom stereocenters. The van der Waals surface area contributed by atoms with Crippen LogP contribution in [0.25, 0.3) is 0 Å². The first-order valence-corrected chi connectivity index (χ1v) is 8.93. The van der Waals surface area contributed by atoms with Crippen LogP contribution in [0.1, 0.15) is 18.1 Å². The standard InChI is InChI=1S/C21H27N3O3/c1-5-16-8-6-7-9-17(16)22-20(25)13-24(3)14-21(26)23-18-12-15(2)10-11-19(18)27-4/h6-12H,5,13-14H2,1-4H3,(H,22,25)(H,23,26). The third kappa shape index (κ3) is 6.11. The highest BCUT2D eigenvalue weighted by Gasteiger charge is 2.13. The molecule has 2 aromatic carbocycles. The maximum atomic E-state index is 12.3. The summed E-state index contributed by atoms with van der Waals surface area (Å²) in [6, 6.07) is 13.3. The number of likely N-dealkylation sites (N-methyl/N-ethyl adjacent to an activating group) is 1. The van der Waals surface area contributed by atoms with Gasteiger partial charge in [0.2, 0.25) is 11.8 Å². The van der Waals surface area contributed by atoms with Crippen LogP contribution in [0.3, 0.4) is 0 Å². The first-order chi connectivity index (χ1) is 12.9. The van der Waals surface area contributed by atoms with Gasteiger partial charge in [0.05, 0.1) is 25.9 Å². The Bertz CT molecular complexity index is 805. The monoisotopic (exact) mass is 369 g/mol. The summed E-state index contributed by atoms with van der Waals surface area (Å²) in [6.07, 6.45) is 0.840. The highest BCUT2D eigenvalue weighted by Crippen LogP contribution is 2.25. The quantitative estimate of drug-likeness (QED) is 0.750. The number of aryl methyl sites for hydroxylation is 2. The molecule has 0 aliphatic carbocycles. The SMILES string of the molecule is CCc1ccccc1NC(=O)CN(C)CC(=O)Nc1cc(C)ccc1OC. The molecule has 6 heteroatoms. The zero-order valence-electron chi connectivity index (χ0n) is 16.3. The second-order valence-corrected chi connectivity index (χ2v) is 6.48. The molecule has 2 N–H and O–H groups in total. The Morgan fingerprint density at radius 2 is 1.63 bits per heavy atom. The maximum Gasteiger partial charge on any atom is 0.238 e. The topological polar surface area (TPSA) is 70.7 Å². The van der Waals surface area contributed by atoms with E-state index in [1.54, 1.807) is 19.1 Å². The van der Waals surface area contributed by atoms with Crippen molar-refractivity contribution in [2.45, 2.75) is 20.3 Å². The van der Waals surface area contributed by atoms with Gasteiger partial charge < -0.3 is 15.4 Å². The van der Waals surface area contributed by atoms with E-state index < -0.39 is 0 Å². The van der Waals surface area contributed by atoms with Crippen LogP contribution in [0.5, 0.6) is 5.75 Å². The van der Waals surface area contributed by atoms with Gasteiger partial charge in [0.1, 0.15) is 5.75 Å². The van der Waals surface area contributed by atoms with Crippen LogP contribution in [0.4, 0.5) is 11.4 Å². The first kappa shape index (κ1) is 20.5. The number of hydrogen-bond acceptors (Lipinski definition) is 4. The van der Waals surface area contributed by atoms with Crippen LogP contribution in [0.2, 0.25) is 0 Å². The van der Waals surface area contributed by atoms with Gasteiger partial charge in [-0.25, -0.2) is 0 Å². The lowest BCUT2D eigenvalue weighted by Crippen LogP contribution is -2.36. The van der Waals surface area contributed by atoms with Crippen LogP contribution in [0, 0.1) is 6.92 Å². The number of nitrogens with one attached hydrogen (secondary N) is 2. The van der Waals surface area contributed by atoms with Crippen molar-refractivity contribution in [2.75, 3.05) is 37.9 Å². The Morgan fingerprint density at radius 3 is 2.26 bits per heavy atom. The summed E-state index contributed by atoms with van der Waals surface area (Å²) >= 11 is 0. The smallest absolute Gasteiger partial charge is 0.238 e. The van der Waals surface area contributed by atoms with Gasteiger partial charge in [0.25, 0.3) is 0 Å². The predicted molar refractivity (Wildman–Crippen MR) is 108 cm³/mol. The fraction of sp³-hybridized carbons (Fsp3) is 0.333. The summed E-state index contributed by atoms with van der Waals surface area (Å²) in [5, 5.41) is 5.75. The molecule has 0 bridgehead atoms. The molecule has 2 rings (SSSR count). The number of carbonyl (C=O) groups excluding carboxylic acids is 2. The van der Waals surface area contributed by atoms with Crippen molar-refractivity contribution in [1.29, 1.82) is 0 Å². The maximum absolute atomic E-state index is 12.3. The number of nitrogens with zero attached hydrogens (tertiary/aromatic N) is 1. The van der Waals surface area contributed by atoms with Crippen molar-refractivity contribution < 1.29 is 14.3 Å². The lowest BCUT2D eigenvalue weighted by atomic mass is 10.1. The Kier molecular flexibility index (Phi) is 7.37. The minimum Gasteiger partial charge on any atom is -0.495 e. The summed E-state index contributed by atoms with van der Waals surface area (Å²) in [4.78, 5) is 26.2. The van der Waals surface area contributed by atoms with Crippen molar-refractivity contribution in [3.05, 3.63) is 53.6 Å². The van der Waals surface area contributed by atoms with Gasteiger partial charge in [0.15, 0.2) is 0 Å². The molecular formula is C21H27N3O3. The number of carbonyl (C=O) groups is 2. The molecule has 0 radical (unpaired) electrons. The number of anilines is 2. The van der Waals surface area contributed by atoms with E-state index in [2.05, 4.69) is 10.6 Å². The van der Waals surface area contributed by atoms with Crippen molar-refractivity contribution in [3.8, 4) is 5.75 Å². The van der Waals surface area contributed by atoms with E-state index in [9.17, 15) is 9.59 Å². The van der Waals surface area contributed by atoms with Gasteiger partial charge in [-0.2, -0.15) is 0 Å². The fourth-order valence-corrected chi connectivity index (χ4v) is 2.80. The molecule has 0 saturated carbocycles. The highest BCUT2D eigenvalue weighted by molar-refractivity contribution is 5.95. The van der Waals surface area contributed by atoms with E-state index in [0.29, 0.717) is 11.4 Å². The third-order valence-electron chi connectivity index (χ3n) is 4.13. The number of ether oxygens (including phenoxy) is 1. The Morgan fingerprint density at radius 1 is 1.00 bits per heavy atom. The molecule has 0 aliphatic heterocycles. The normalized spacial score (nSPS) is 10.6. The molecule has 0 atom stereocenters. The zero-order chi connectivity index (χ0) is 19.8. The molecule has 0 aliphatic rings. The van der Waals surface area contributed by atoms with Crippen LogP contribution < -0.4 is 15.4 Å². The number of amides is 2. The molecule has 0 aromatic heterocycles. The average molecular weight is 369 g/mol. The Hall–Kier alpha value is -2.86. The van der Waals surface area contributed by atoms with Crippen molar-refractivity contribution in [3.63, 3.8) is 0 Å². The van der Waals surface area contributed by atoms with E-state index >= 15 is 0 Å². The second-order valence-electron chi connectivity index (χ2n) is 6.48. The Balaban J connectivity index is 1.89. The minimum atomic E-state index is -0.205. The lowest BCUT2D eigenvalue weighted by molar-refractivity contribution is -0.119. The van der Waals surface area contributed by atoms with Crippen LogP contribution >= 0.6 is 0 Å².